The molecule has 0 aromatic heterocycles. The SMILES string of the molecule is C=C(C(=O)OC)C(CC(=O)OCC)C(=O)OCC. The van der Waals surface area contributed by atoms with Gasteiger partial charge in [-0.05, 0) is 13.8 Å². The maximum absolute atomic E-state index is 11.6. The van der Waals surface area contributed by atoms with E-state index in [1.54, 1.807) is 13.8 Å². The van der Waals surface area contributed by atoms with Crippen LogP contribution in [0.4, 0.5) is 0 Å². The van der Waals surface area contributed by atoms with Crippen molar-refractivity contribution in [3.63, 3.8) is 0 Å². The number of hydrogen-bond acceptors (Lipinski definition) is 6. The lowest BCUT2D eigenvalue weighted by molar-refractivity contribution is -0.154. The Morgan fingerprint density at radius 1 is 1.11 bits per heavy atom. The molecule has 0 heterocycles. The molecule has 0 aliphatic heterocycles. The number of methoxy groups -OCH3 is 1. The van der Waals surface area contributed by atoms with Gasteiger partial charge in [0.2, 0.25) is 0 Å². The van der Waals surface area contributed by atoms with E-state index in [4.69, 9.17) is 9.47 Å². The molecule has 0 fully saturated rings. The van der Waals surface area contributed by atoms with Crippen molar-refractivity contribution in [1.29, 1.82) is 0 Å². The quantitative estimate of drug-likeness (QED) is 0.382. The zero-order chi connectivity index (χ0) is 14.1. The molecule has 6 nitrogen and oxygen atoms in total. The normalized spacial score (nSPS) is 11.3. The van der Waals surface area contributed by atoms with E-state index in [0.29, 0.717) is 0 Å². The van der Waals surface area contributed by atoms with Crippen LogP contribution in [0.1, 0.15) is 20.3 Å². The molecule has 0 aliphatic rings. The number of esters is 3. The summed E-state index contributed by atoms with van der Waals surface area (Å²) in [5.74, 6) is -3.12. The molecule has 102 valence electrons. The zero-order valence-corrected chi connectivity index (χ0v) is 10.9. The first kappa shape index (κ1) is 16.1. The first-order valence-corrected chi connectivity index (χ1v) is 5.57. The monoisotopic (exact) mass is 258 g/mol. The summed E-state index contributed by atoms with van der Waals surface area (Å²) in [5.41, 5.74) is -0.121. The molecule has 0 rings (SSSR count). The molecule has 6 heteroatoms. The molecule has 0 amide bonds. The van der Waals surface area contributed by atoms with Crippen molar-refractivity contribution in [3.8, 4) is 0 Å². The molecule has 18 heavy (non-hydrogen) atoms. The smallest absolute Gasteiger partial charge is 0.334 e. The van der Waals surface area contributed by atoms with Crippen molar-refractivity contribution in [3.05, 3.63) is 12.2 Å². The summed E-state index contributed by atoms with van der Waals surface area (Å²) in [7, 11) is 1.17. The maximum atomic E-state index is 11.6. The van der Waals surface area contributed by atoms with Crippen molar-refractivity contribution < 1.29 is 28.6 Å². The summed E-state index contributed by atoms with van der Waals surface area (Å²) >= 11 is 0. The predicted octanol–water partition coefficient (Wildman–Crippen LogP) is 0.848. The van der Waals surface area contributed by atoms with E-state index in [1.807, 2.05) is 0 Å². The molecule has 0 aliphatic carbocycles. The van der Waals surface area contributed by atoms with Gasteiger partial charge in [-0.2, -0.15) is 0 Å². The molecule has 0 spiro atoms. The second-order valence-corrected chi connectivity index (χ2v) is 3.33. The number of carbonyl (C=O) groups is 3. The first-order valence-electron chi connectivity index (χ1n) is 5.57. The van der Waals surface area contributed by atoms with Gasteiger partial charge in [-0.25, -0.2) is 4.79 Å². The Morgan fingerprint density at radius 2 is 1.67 bits per heavy atom. The van der Waals surface area contributed by atoms with Crippen LogP contribution in [0.25, 0.3) is 0 Å². The van der Waals surface area contributed by atoms with Gasteiger partial charge in [0.25, 0.3) is 0 Å². The third-order valence-corrected chi connectivity index (χ3v) is 2.12. The van der Waals surface area contributed by atoms with Crippen LogP contribution in [-0.2, 0) is 28.6 Å². The van der Waals surface area contributed by atoms with Crippen molar-refractivity contribution in [1.82, 2.24) is 0 Å². The highest BCUT2D eigenvalue weighted by atomic mass is 16.5. The van der Waals surface area contributed by atoms with E-state index in [0.717, 1.165) is 0 Å². The van der Waals surface area contributed by atoms with Crippen LogP contribution in [-0.4, -0.2) is 38.2 Å². The highest BCUT2D eigenvalue weighted by Gasteiger charge is 2.30. The van der Waals surface area contributed by atoms with Crippen molar-refractivity contribution in [2.45, 2.75) is 20.3 Å². The van der Waals surface area contributed by atoms with Crippen molar-refractivity contribution in [2.75, 3.05) is 20.3 Å². The summed E-state index contributed by atoms with van der Waals surface area (Å²) in [4.78, 5) is 34.3. The molecular formula is C12H18O6. The average Bonchev–Trinajstić information content (AvgIpc) is 2.34. The minimum Gasteiger partial charge on any atom is -0.466 e. The van der Waals surface area contributed by atoms with Gasteiger partial charge in [0.1, 0.15) is 0 Å². The number of hydrogen-bond donors (Lipinski definition) is 0. The van der Waals surface area contributed by atoms with Gasteiger partial charge in [-0.15, -0.1) is 0 Å². The summed E-state index contributed by atoms with van der Waals surface area (Å²) in [6.45, 7) is 7.07. The molecule has 0 saturated carbocycles. The van der Waals surface area contributed by atoms with Crippen molar-refractivity contribution in [2.24, 2.45) is 5.92 Å². The van der Waals surface area contributed by atoms with Gasteiger partial charge in [-0.3, -0.25) is 9.59 Å². The lowest BCUT2D eigenvalue weighted by atomic mass is 9.97. The van der Waals surface area contributed by atoms with E-state index in [-0.39, 0.29) is 25.2 Å². The van der Waals surface area contributed by atoms with Crippen LogP contribution in [0, 0.1) is 5.92 Å². The third kappa shape index (κ3) is 4.99. The second kappa shape index (κ2) is 8.27. The Bertz CT molecular complexity index is 333. The Morgan fingerprint density at radius 3 is 2.11 bits per heavy atom. The first-order chi connectivity index (χ1) is 8.47. The zero-order valence-electron chi connectivity index (χ0n) is 10.9. The van der Waals surface area contributed by atoms with Crippen LogP contribution < -0.4 is 0 Å². The fraction of sp³-hybridized carbons (Fsp3) is 0.583. The Hall–Kier alpha value is -1.85. The summed E-state index contributed by atoms with van der Waals surface area (Å²) in [6, 6.07) is 0. The molecule has 0 N–H and O–H groups in total. The second-order valence-electron chi connectivity index (χ2n) is 3.33. The van der Waals surface area contributed by atoms with E-state index in [2.05, 4.69) is 11.3 Å². The molecule has 0 bridgehead atoms. The van der Waals surface area contributed by atoms with E-state index >= 15 is 0 Å². The average molecular weight is 258 g/mol. The molecule has 0 aromatic rings. The highest BCUT2D eigenvalue weighted by Crippen LogP contribution is 2.18. The molecule has 1 unspecified atom stereocenters. The van der Waals surface area contributed by atoms with Crippen LogP contribution in [0.3, 0.4) is 0 Å². The number of rotatable bonds is 7. The largest absolute Gasteiger partial charge is 0.466 e. The lowest BCUT2D eigenvalue weighted by Crippen LogP contribution is -2.27. The van der Waals surface area contributed by atoms with Gasteiger partial charge in [0.05, 0.1) is 32.7 Å². The van der Waals surface area contributed by atoms with Gasteiger partial charge in [0, 0.05) is 5.57 Å². The summed E-state index contributed by atoms with van der Waals surface area (Å²) in [5, 5.41) is 0. The summed E-state index contributed by atoms with van der Waals surface area (Å²) in [6.07, 6.45) is -0.291. The Labute approximate surface area is 106 Å². The van der Waals surface area contributed by atoms with E-state index in [9.17, 15) is 14.4 Å². The standard InChI is InChI=1S/C12H18O6/c1-5-17-10(13)7-9(12(15)18-6-2)8(3)11(14)16-4/h9H,3,5-7H2,1-2,4H3. The Kier molecular flexibility index (Phi) is 7.42. The maximum Gasteiger partial charge on any atom is 0.334 e. The molecule has 0 aromatic carbocycles. The van der Waals surface area contributed by atoms with Crippen molar-refractivity contribution >= 4 is 17.9 Å². The van der Waals surface area contributed by atoms with Crippen LogP contribution >= 0.6 is 0 Å². The van der Waals surface area contributed by atoms with Gasteiger partial charge < -0.3 is 14.2 Å². The molecule has 0 radical (unpaired) electrons. The lowest BCUT2D eigenvalue weighted by Gasteiger charge is -2.15. The molecule has 0 saturated heterocycles. The van der Waals surface area contributed by atoms with Crippen LogP contribution in [0.2, 0.25) is 0 Å². The van der Waals surface area contributed by atoms with Gasteiger partial charge in [0.15, 0.2) is 0 Å². The number of carbonyl (C=O) groups excluding carboxylic acids is 3. The minimum absolute atomic E-state index is 0.121. The minimum atomic E-state index is -1.07. The predicted molar refractivity (Wildman–Crippen MR) is 62.5 cm³/mol. The van der Waals surface area contributed by atoms with Crippen LogP contribution in [0.15, 0.2) is 12.2 Å². The fourth-order valence-electron chi connectivity index (χ4n) is 1.25. The highest BCUT2D eigenvalue weighted by molar-refractivity contribution is 5.96. The van der Waals surface area contributed by atoms with Gasteiger partial charge in [-0.1, -0.05) is 6.58 Å². The third-order valence-electron chi connectivity index (χ3n) is 2.12. The van der Waals surface area contributed by atoms with E-state index in [1.165, 1.54) is 7.11 Å². The molecular weight excluding hydrogens is 240 g/mol. The molecule has 1 atom stereocenters. The topological polar surface area (TPSA) is 78.9 Å². The van der Waals surface area contributed by atoms with Gasteiger partial charge >= 0.3 is 17.9 Å². The van der Waals surface area contributed by atoms with E-state index < -0.39 is 23.8 Å². The summed E-state index contributed by atoms with van der Waals surface area (Å²) < 4.78 is 14.0. The Balaban J connectivity index is 4.82. The number of ether oxygens (including phenoxy) is 3. The fourth-order valence-corrected chi connectivity index (χ4v) is 1.25. The van der Waals surface area contributed by atoms with Crippen LogP contribution in [0.5, 0.6) is 0 Å².